The molecule has 0 saturated carbocycles. The number of hydrogen-bond acceptors (Lipinski definition) is 4. The summed E-state index contributed by atoms with van der Waals surface area (Å²) in [7, 11) is 0. The van der Waals surface area contributed by atoms with Gasteiger partial charge in [-0.25, -0.2) is 0 Å². The molecular formula is C10H6BrClN2O2S2. The average molecular weight is 366 g/mol. The summed E-state index contributed by atoms with van der Waals surface area (Å²) >= 11 is 11.4. The van der Waals surface area contributed by atoms with Crippen molar-refractivity contribution in [3.05, 3.63) is 42.1 Å². The van der Waals surface area contributed by atoms with Crippen LogP contribution in [0.4, 0.5) is 0 Å². The summed E-state index contributed by atoms with van der Waals surface area (Å²) in [5.74, 6) is -0.763. The van der Waals surface area contributed by atoms with Gasteiger partial charge in [0, 0.05) is 4.47 Å². The molecule has 2 N–H and O–H groups in total. The van der Waals surface area contributed by atoms with Crippen molar-refractivity contribution in [2.45, 2.75) is 0 Å². The smallest absolute Gasteiger partial charge is 0.266 e. The topological polar surface area (TPSA) is 58.2 Å². The highest BCUT2D eigenvalue weighted by molar-refractivity contribution is 9.10. The van der Waals surface area contributed by atoms with Crippen molar-refractivity contribution >= 4 is 62.0 Å². The molecule has 0 fully saturated rings. The van der Waals surface area contributed by atoms with Gasteiger partial charge in [-0.3, -0.25) is 20.4 Å². The van der Waals surface area contributed by atoms with E-state index in [0.717, 1.165) is 11.3 Å². The van der Waals surface area contributed by atoms with Gasteiger partial charge in [0.05, 0.1) is 9.21 Å². The first-order valence-electron chi connectivity index (χ1n) is 4.67. The lowest BCUT2D eigenvalue weighted by atomic mass is 10.4. The Morgan fingerprint density at radius 1 is 1.17 bits per heavy atom. The highest BCUT2D eigenvalue weighted by Gasteiger charge is 2.13. The molecule has 2 amide bonds. The third-order valence-corrected chi connectivity index (χ3v) is 4.98. The third kappa shape index (κ3) is 3.11. The number of nitrogens with one attached hydrogen (secondary N) is 2. The maximum atomic E-state index is 11.7. The lowest BCUT2D eigenvalue weighted by molar-refractivity contribution is 0.0851. The van der Waals surface area contributed by atoms with E-state index in [2.05, 4.69) is 26.8 Å². The van der Waals surface area contributed by atoms with E-state index in [-0.39, 0.29) is 5.91 Å². The first-order valence-corrected chi connectivity index (χ1v) is 7.53. The molecule has 94 valence electrons. The number of amides is 2. The van der Waals surface area contributed by atoms with Gasteiger partial charge in [-0.05, 0) is 39.5 Å². The first kappa shape index (κ1) is 13.5. The Morgan fingerprint density at radius 2 is 1.89 bits per heavy atom. The van der Waals surface area contributed by atoms with E-state index in [1.165, 1.54) is 11.3 Å². The minimum Gasteiger partial charge on any atom is -0.266 e. The second kappa shape index (κ2) is 5.83. The molecule has 0 radical (unpaired) electrons. The van der Waals surface area contributed by atoms with Gasteiger partial charge in [0.15, 0.2) is 0 Å². The summed E-state index contributed by atoms with van der Waals surface area (Å²) in [6.45, 7) is 0. The SMILES string of the molecule is O=C(NNC(=O)c1sccc1Br)c1ccc(Cl)s1. The number of carbonyl (C=O) groups is 2. The van der Waals surface area contributed by atoms with Crippen LogP contribution in [-0.4, -0.2) is 11.8 Å². The zero-order chi connectivity index (χ0) is 13.1. The normalized spacial score (nSPS) is 10.1. The molecule has 2 aromatic rings. The van der Waals surface area contributed by atoms with Gasteiger partial charge in [0.1, 0.15) is 4.88 Å². The molecule has 0 aliphatic heterocycles. The molecule has 2 heterocycles. The number of thiophene rings is 2. The van der Waals surface area contributed by atoms with E-state index in [9.17, 15) is 9.59 Å². The number of hydrazine groups is 1. The van der Waals surface area contributed by atoms with Crippen LogP contribution in [0.5, 0.6) is 0 Å². The molecule has 0 bridgehead atoms. The predicted octanol–water partition coefficient (Wildman–Crippen LogP) is 3.30. The third-order valence-electron chi connectivity index (χ3n) is 1.91. The van der Waals surface area contributed by atoms with Crippen LogP contribution in [0, 0.1) is 0 Å². The fraction of sp³-hybridized carbons (Fsp3) is 0. The minimum absolute atomic E-state index is 0.368. The summed E-state index contributed by atoms with van der Waals surface area (Å²) in [6, 6.07) is 4.98. The van der Waals surface area contributed by atoms with Crippen LogP contribution in [-0.2, 0) is 0 Å². The Hall–Kier alpha value is -0.890. The standard InChI is InChI=1S/C10H6BrClN2O2S2/c11-5-3-4-17-8(5)10(16)14-13-9(15)6-1-2-7(12)18-6/h1-4H,(H,13,15)(H,14,16). The number of hydrogen-bond donors (Lipinski definition) is 2. The van der Waals surface area contributed by atoms with Crippen molar-refractivity contribution < 1.29 is 9.59 Å². The zero-order valence-electron chi connectivity index (χ0n) is 8.70. The van der Waals surface area contributed by atoms with Gasteiger partial charge in [-0.15, -0.1) is 22.7 Å². The fourth-order valence-electron chi connectivity index (χ4n) is 1.12. The molecule has 18 heavy (non-hydrogen) atoms. The summed E-state index contributed by atoms with van der Waals surface area (Å²) in [5.41, 5.74) is 4.67. The lowest BCUT2D eigenvalue weighted by Crippen LogP contribution is -2.41. The van der Waals surface area contributed by atoms with E-state index < -0.39 is 5.91 Å². The lowest BCUT2D eigenvalue weighted by Gasteiger charge is -2.04. The van der Waals surface area contributed by atoms with Crippen LogP contribution in [0.3, 0.4) is 0 Å². The molecule has 0 aliphatic carbocycles. The average Bonchev–Trinajstić information content (AvgIpc) is 2.94. The van der Waals surface area contributed by atoms with Crippen LogP contribution in [0.25, 0.3) is 0 Å². The molecule has 8 heteroatoms. The Bertz CT molecular complexity index is 596. The maximum Gasteiger partial charge on any atom is 0.280 e. The second-order valence-corrected chi connectivity index (χ2v) is 6.60. The van der Waals surface area contributed by atoms with E-state index >= 15 is 0 Å². The van der Waals surface area contributed by atoms with Gasteiger partial charge < -0.3 is 0 Å². The van der Waals surface area contributed by atoms with Crippen molar-refractivity contribution in [1.82, 2.24) is 10.9 Å². The molecule has 0 aromatic carbocycles. The van der Waals surface area contributed by atoms with Crippen LogP contribution in [0.2, 0.25) is 4.34 Å². The highest BCUT2D eigenvalue weighted by atomic mass is 79.9. The molecule has 0 atom stereocenters. The Kier molecular flexibility index (Phi) is 4.39. The van der Waals surface area contributed by atoms with Crippen molar-refractivity contribution in [2.75, 3.05) is 0 Å². The van der Waals surface area contributed by atoms with Crippen LogP contribution >= 0.6 is 50.2 Å². The highest BCUT2D eigenvalue weighted by Crippen LogP contribution is 2.22. The van der Waals surface area contributed by atoms with Crippen LogP contribution in [0.15, 0.2) is 28.1 Å². The van der Waals surface area contributed by atoms with Crippen LogP contribution in [0.1, 0.15) is 19.3 Å². The first-order chi connectivity index (χ1) is 8.58. The quantitative estimate of drug-likeness (QED) is 0.802. The van der Waals surface area contributed by atoms with Crippen LogP contribution < -0.4 is 10.9 Å². The molecule has 2 aromatic heterocycles. The molecule has 0 saturated heterocycles. The van der Waals surface area contributed by atoms with E-state index in [0.29, 0.717) is 18.6 Å². The summed E-state index contributed by atoms with van der Waals surface area (Å²) < 4.78 is 1.21. The van der Waals surface area contributed by atoms with Crippen molar-refractivity contribution in [3.8, 4) is 0 Å². The Labute approximate surface area is 124 Å². The van der Waals surface area contributed by atoms with E-state index in [4.69, 9.17) is 11.6 Å². The van der Waals surface area contributed by atoms with Gasteiger partial charge in [0.25, 0.3) is 11.8 Å². The number of carbonyl (C=O) groups excluding carboxylic acids is 2. The summed E-state index contributed by atoms with van der Waals surface area (Å²) in [5, 5.41) is 1.78. The van der Waals surface area contributed by atoms with E-state index in [1.807, 2.05) is 0 Å². The maximum absolute atomic E-state index is 11.7. The minimum atomic E-state index is -0.395. The molecule has 0 aliphatic rings. The van der Waals surface area contributed by atoms with Gasteiger partial charge in [-0.1, -0.05) is 11.6 Å². The predicted molar refractivity (Wildman–Crippen MR) is 76.3 cm³/mol. The molecular weight excluding hydrogens is 360 g/mol. The largest absolute Gasteiger partial charge is 0.280 e. The number of halogens is 2. The Balaban J connectivity index is 1.94. The fourth-order valence-corrected chi connectivity index (χ4v) is 3.51. The van der Waals surface area contributed by atoms with Crippen molar-refractivity contribution in [2.24, 2.45) is 0 Å². The second-order valence-electron chi connectivity index (χ2n) is 3.11. The van der Waals surface area contributed by atoms with Crippen molar-refractivity contribution in [1.29, 1.82) is 0 Å². The monoisotopic (exact) mass is 364 g/mol. The van der Waals surface area contributed by atoms with E-state index in [1.54, 1.807) is 23.6 Å². The van der Waals surface area contributed by atoms with Gasteiger partial charge in [0.2, 0.25) is 0 Å². The van der Waals surface area contributed by atoms with Gasteiger partial charge >= 0.3 is 0 Å². The molecule has 0 unspecified atom stereocenters. The molecule has 2 rings (SSSR count). The van der Waals surface area contributed by atoms with Gasteiger partial charge in [-0.2, -0.15) is 0 Å². The Morgan fingerprint density at radius 3 is 2.44 bits per heavy atom. The zero-order valence-corrected chi connectivity index (χ0v) is 12.7. The summed E-state index contributed by atoms with van der Waals surface area (Å²) in [4.78, 5) is 24.3. The van der Waals surface area contributed by atoms with Crippen molar-refractivity contribution in [3.63, 3.8) is 0 Å². The molecule has 0 spiro atoms. The summed E-state index contributed by atoms with van der Waals surface area (Å²) in [6.07, 6.45) is 0. The number of rotatable bonds is 2. The molecule has 4 nitrogen and oxygen atoms in total.